The second-order valence-corrected chi connectivity index (χ2v) is 30.1. The first-order valence-electron chi connectivity index (χ1n) is 40.6. The van der Waals surface area contributed by atoms with Gasteiger partial charge in [-0.15, -0.1) is 0 Å². The minimum absolute atomic E-state index is 0.0147. The van der Waals surface area contributed by atoms with E-state index in [1.54, 1.807) is 60.7 Å². The zero-order chi connectivity index (χ0) is 87.3. The predicted molar refractivity (Wildman–Crippen MR) is 448 cm³/mol. The summed E-state index contributed by atoms with van der Waals surface area (Å²) in [6.45, 7) is 8.64. The molecule has 3 aromatic carbocycles. The van der Waals surface area contributed by atoms with Crippen LogP contribution in [0.3, 0.4) is 0 Å². The number of unbranched alkanes of at least 4 members (excludes halogenated alkanes) is 1. The van der Waals surface area contributed by atoms with Crippen LogP contribution in [0.1, 0.15) is 165 Å². The summed E-state index contributed by atoms with van der Waals surface area (Å²) in [7, 11) is -5.74. The highest BCUT2D eigenvalue weighted by atomic mass is 16.5. The van der Waals surface area contributed by atoms with Gasteiger partial charge in [0.25, 0.3) is 0 Å². The van der Waals surface area contributed by atoms with Crippen molar-refractivity contribution in [2.45, 2.75) is 230 Å². The number of carbonyl (C=O) groups excluding carboxylic acids is 10. The highest BCUT2D eigenvalue weighted by Gasteiger charge is 2.38. The molecule has 0 aliphatic carbocycles. The second kappa shape index (κ2) is 54.2. The average molecular weight is 1660 g/mol. The lowest BCUT2D eigenvalue weighted by Crippen LogP contribution is -2.50. The van der Waals surface area contributed by atoms with Gasteiger partial charge in [0.15, 0.2) is 0 Å². The summed E-state index contributed by atoms with van der Waals surface area (Å²) in [4.78, 5) is 117. The first-order valence-corrected chi connectivity index (χ1v) is 40.6. The normalized spacial score (nSPS) is 21.1. The molecular formula is C84H115B5N8O23+2. The highest BCUT2D eigenvalue weighted by molar-refractivity contribution is 6.47. The summed E-state index contributed by atoms with van der Waals surface area (Å²) in [6.07, 6.45) is 26.0. The zero-order valence-electron chi connectivity index (χ0n) is 68.9. The Hall–Kier alpha value is -10.1. The molecule has 10 rings (SSSR count). The van der Waals surface area contributed by atoms with E-state index in [1.165, 1.54) is 53.2 Å². The smallest absolute Gasteiger partial charge is 0.478 e. The third kappa shape index (κ3) is 40.3. The molecule has 10 atom stereocenters. The van der Waals surface area contributed by atoms with Crippen LogP contribution in [-0.2, 0) is 103 Å². The van der Waals surface area contributed by atoms with E-state index in [1.807, 2.05) is 103 Å². The molecule has 1 saturated heterocycles. The summed E-state index contributed by atoms with van der Waals surface area (Å²) in [5.41, 5.74) is 9.20. The summed E-state index contributed by atoms with van der Waals surface area (Å²) in [6, 6.07) is 34.6. The van der Waals surface area contributed by atoms with Gasteiger partial charge in [-0.05, 0) is 140 Å². The van der Waals surface area contributed by atoms with Gasteiger partial charge in [-0.3, -0.25) is 58.4 Å². The number of ether oxygens (including phenoxy) is 1. The molecule has 7 heterocycles. The maximum atomic E-state index is 12.4. The molecule has 642 valence electrons. The third-order valence-corrected chi connectivity index (χ3v) is 19.0. The van der Waals surface area contributed by atoms with E-state index >= 15 is 0 Å². The number of carbonyl (C=O) groups is 10. The van der Waals surface area contributed by atoms with Gasteiger partial charge in [0.1, 0.15) is 41.1 Å². The van der Waals surface area contributed by atoms with Crippen molar-refractivity contribution in [1.82, 2.24) is 26.6 Å². The molecule has 0 radical (unpaired) electrons. The molecule has 1 fully saturated rings. The molecule has 0 spiro atoms. The number of benzene rings is 3. The molecule has 120 heavy (non-hydrogen) atoms. The van der Waals surface area contributed by atoms with Gasteiger partial charge in [-0.25, -0.2) is 0 Å². The van der Waals surface area contributed by atoms with E-state index in [4.69, 9.17) is 33.7 Å². The molecule has 5 aliphatic heterocycles. The number of Topliss-reactive ketones (excluding diaryl/α,β-unsaturated/α-hetero) is 5. The van der Waals surface area contributed by atoms with E-state index in [9.17, 15) is 83.5 Å². The number of ketones is 5. The fourth-order valence-electron chi connectivity index (χ4n) is 13.2. The number of pyridine rings is 2. The number of hydrogen-bond donors (Lipinski definition) is 13. The molecular weight excluding hydrogens is 1540 g/mol. The Labute approximate surface area is 703 Å². The van der Waals surface area contributed by atoms with E-state index in [2.05, 4.69) is 26.6 Å². The number of nitrogens with two attached hydrogens (primary N) is 1. The van der Waals surface area contributed by atoms with Gasteiger partial charge in [-0.1, -0.05) is 134 Å². The molecule has 5 amide bonds. The Balaban J connectivity index is 0.000000233. The number of nitrogens with one attached hydrogen (secondary N) is 5. The molecule has 2 aromatic heterocycles. The Morgan fingerprint density at radius 1 is 0.408 bits per heavy atom. The Morgan fingerprint density at radius 2 is 0.800 bits per heavy atom. The molecule has 0 saturated carbocycles. The van der Waals surface area contributed by atoms with E-state index in [0.29, 0.717) is 69.4 Å². The molecule has 36 heteroatoms. The molecule has 0 bridgehead atoms. The Kier molecular flexibility index (Phi) is 44.6. The quantitative estimate of drug-likeness (QED) is 0.0103. The van der Waals surface area contributed by atoms with Crippen molar-refractivity contribution in [3.63, 3.8) is 0 Å². The van der Waals surface area contributed by atoms with Gasteiger partial charge in [-0.2, -0.15) is 0 Å². The lowest BCUT2D eigenvalue weighted by atomic mass is 9.74. The van der Waals surface area contributed by atoms with Gasteiger partial charge >= 0.3 is 35.6 Å². The number of amides is 5. The summed E-state index contributed by atoms with van der Waals surface area (Å²) < 4.78 is 34.8. The summed E-state index contributed by atoms with van der Waals surface area (Å²) in [5.74, 6) is -3.14. The van der Waals surface area contributed by atoms with Crippen LogP contribution in [0.5, 0.6) is 5.75 Å². The summed E-state index contributed by atoms with van der Waals surface area (Å²) >= 11 is 0. The lowest BCUT2D eigenvalue weighted by molar-refractivity contribution is -0.909. The van der Waals surface area contributed by atoms with Crippen molar-refractivity contribution in [3.8, 4) is 5.75 Å². The van der Waals surface area contributed by atoms with Crippen molar-refractivity contribution in [2.75, 3.05) is 13.2 Å². The number of rotatable bonds is 30. The zero-order valence-corrected chi connectivity index (χ0v) is 68.9. The van der Waals surface area contributed by atoms with Crippen molar-refractivity contribution in [3.05, 3.63) is 210 Å². The molecule has 5 aliphatic rings. The van der Waals surface area contributed by atoms with Crippen LogP contribution in [0.4, 0.5) is 0 Å². The first kappa shape index (κ1) is 98.7. The van der Waals surface area contributed by atoms with Crippen LogP contribution in [0.25, 0.3) is 0 Å². The standard InChI is InChI=1S/C20H29BN2O5.C17H24BNO4.C17H22BNO4.2C15H19BN2O5/c1-15(24)12-18-8-5-9-19(21(26)28-18)23-20(25)14-16-6-4-7-17(13-16)27-11-3-2-10-22;2*1-13(20)11-15-9-5-6-10-16(18(22)23-15)19-17(21)12-14-7-3-2-4-8-14;1-11(19)8-13-5-2-6-14(16(21)23-13)17-15(20)9-12-4-3-7-18(22)10-12;1-11(19)9-13-6-4-7-14(16(21)23-13)17-15(20)10-12-5-2-3-8-18(12)22/h4-8,13,18-19,26H,2-3,9-12,14,22H2,1H3,(H,23,25);2-4,7-8,15-16,22H,5-6,9-12H2,1H3,(H,19,21);2-8,15-16,22H,9-12H2,1H3,(H,19,21);2-5,7,10,13-14,21H,6,8-9H2,1H3,(H-,17,20,22);2-6,8,13-14,21H,7,9-10H2,1H3,(H-,17,20,22)/p+2/b;;6-5-;;/t18-,19+;2*15-,16-;2*13-,14+/m10011/s1. The fraction of sp³-hybridized carbons (Fsp3) is 0.452. The number of nitrogens with zero attached hydrogens (tertiary/aromatic N) is 2. The third-order valence-electron chi connectivity index (χ3n) is 19.0. The van der Waals surface area contributed by atoms with Crippen LogP contribution >= 0.6 is 0 Å². The van der Waals surface area contributed by atoms with Crippen molar-refractivity contribution >= 4 is 94.0 Å². The number of hydrogen-bond acceptors (Lipinski definition) is 24. The topological polar surface area (TPSA) is 462 Å². The molecule has 14 N–H and O–H groups in total. The Bertz CT molecular complexity index is 4200. The molecule has 5 aromatic rings. The van der Waals surface area contributed by atoms with Crippen molar-refractivity contribution in [1.29, 1.82) is 0 Å². The van der Waals surface area contributed by atoms with Crippen LogP contribution < -0.4 is 46.5 Å². The van der Waals surface area contributed by atoms with Gasteiger partial charge in [0.05, 0.1) is 86.4 Å². The highest BCUT2D eigenvalue weighted by Crippen LogP contribution is 2.22. The van der Waals surface area contributed by atoms with Gasteiger partial charge in [0, 0.05) is 71.4 Å². The maximum Gasteiger partial charge on any atom is 0.478 e. The van der Waals surface area contributed by atoms with Crippen LogP contribution in [0.15, 0.2) is 182 Å². The van der Waals surface area contributed by atoms with Gasteiger partial charge < -0.3 is 85.4 Å². The minimum Gasteiger partial charge on any atom is -0.494 e. The first-order chi connectivity index (χ1) is 57.4. The largest absolute Gasteiger partial charge is 0.494 e. The van der Waals surface area contributed by atoms with Crippen molar-refractivity contribution in [2.24, 2.45) is 5.73 Å². The van der Waals surface area contributed by atoms with Crippen LogP contribution in [-0.4, -0.2) is 203 Å². The second-order valence-electron chi connectivity index (χ2n) is 30.1. The van der Waals surface area contributed by atoms with E-state index in [0.717, 1.165) is 64.0 Å². The fourth-order valence-corrected chi connectivity index (χ4v) is 13.2. The minimum atomic E-state index is -1.20. The molecule has 0 unspecified atom stereocenters. The summed E-state index contributed by atoms with van der Waals surface area (Å²) in [5, 5.41) is 83.5. The monoisotopic (exact) mass is 1660 g/mol. The molecule has 31 nitrogen and oxygen atoms in total. The van der Waals surface area contributed by atoms with Crippen LogP contribution in [0, 0.1) is 0 Å². The maximum absolute atomic E-state index is 12.4. The van der Waals surface area contributed by atoms with Crippen molar-refractivity contribution < 1.29 is 121 Å². The van der Waals surface area contributed by atoms with Crippen LogP contribution in [0.2, 0.25) is 0 Å². The lowest BCUT2D eigenvalue weighted by Gasteiger charge is -2.28. The SMILES string of the molecule is CC(=O)C[C@@H]1C/C=C\C[C@H](NC(=O)Cc2ccccc2)B(O)O1.CC(=O)C[C@@H]1CCCC[C@H](NC(=O)Cc2ccccc2)B(O)O1.CC(=O)C[C@H]1C=CC[C@H](NC(=O)Cc2ccc[n+](O)c2)B(O)O1.CC(=O)C[C@H]1C=CC[C@H](NC(=O)Cc2cccc(OCCCCN)c2)B(O)O1.CC(=O)C[C@H]1C=CC[C@H](NC(=O)Cc2cccc[n+]2O)B(O)O1. The predicted octanol–water partition coefficient (Wildman–Crippen LogP) is 3.46. The average Bonchev–Trinajstić information content (AvgIpc) is 1.64. The van der Waals surface area contributed by atoms with Gasteiger partial charge in [0.2, 0.25) is 53.8 Å². The van der Waals surface area contributed by atoms with E-state index < -0.39 is 83.6 Å². The number of aromatic nitrogens is 2. The Morgan fingerprint density at radius 3 is 1.27 bits per heavy atom. The van der Waals surface area contributed by atoms with E-state index in [-0.39, 0.29) is 128 Å².